The van der Waals surface area contributed by atoms with Crippen LogP contribution >= 0.6 is 0 Å². The van der Waals surface area contributed by atoms with Gasteiger partial charge in [-0.15, -0.1) is 0 Å². The standard InChI is InChI=1S/C22H30O2/c1-17(15-21(3,4)10-12-23)19-8-7-9-20(14-19)18(2)16-22(5,6)11-13-24/h7-11,14,17-18H,15-16H2,1-6H3. The maximum Gasteiger partial charge on any atom is 0.120 e. The monoisotopic (exact) mass is 326 g/mol. The molecule has 0 bridgehead atoms. The minimum Gasteiger partial charge on any atom is -0.234 e. The van der Waals surface area contributed by atoms with Gasteiger partial charge in [0.05, 0.1) is 0 Å². The second-order valence-electron chi connectivity index (χ2n) is 8.38. The SMILES string of the molecule is CC(CC(C)(C)C=C=O)c1cccc(C(C)CC(C)(C)C=C=O)c1. The summed E-state index contributed by atoms with van der Waals surface area (Å²) in [6, 6.07) is 8.66. The first-order chi connectivity index (χ1) is 11.1. The summed E-state index contributed by atoms with van der Waals surface area (Å²) in [5.41, 5.74) is 2.27. The van der Waals surface area contributed by atoms with Gasteiger partial charge in [0.2, 0.25) is 0 Å². The molecule has 0 fully saturated rings. The van der Waals surface area contributed by atoms with E-state index in [0.717, 1.165) is 12.8 Å². The Morgan fingerprint density at radius 1 is 0.875 bits per heavy atom. The Hall–Kier alpha value is -1.88. The molecule has 0 heterocycles. The highest BCUT2D eigenvalue weighted by Gasteiger charge is 2.22. The van der Waals surface area contributed by atoms with Crippen molar-refractivity contribution in [3.8, 4) is 0 Å². The number of rotatable bonds is 8. The molecule has 2 nitrogen and oxygen atoms in total. The van der Waals surface area contributed by atoms with Gasteiger partial charge in [0.1, 0.15) is 11.9 Å². The van der Waals surface area contributed by atoms with Crippen molar-refractivity contribution in [2.45, 2.75) is 66.2 Å². The number of carbonyl (C=O) groups excluding carboxylic acids is 2. The summed E-state index contributed by atoms with van der Waals surface area (Å²) in [5, 5.41) is 0. The van der Waals surface area contributed by atoms with Crippen molar-refractivity contribution in [1.29, 1.82) is 0 Å². The first-order valence-electron chi connectivity index (χ1n) is 8.64. The van der Waals surface area contributed by atoms with E-state index < -0.39 is 0 Å². The molecular weight excluding hydrogens is 296 g/mol. The van der Waals surface area contributed by atoms with E-state index in [2.05, 4.69) is 65.8 Å². The Morgan fingerprint density at radius 3 is 1.58 bits per heavy atom. The van der Waals surface area contributed by atoms with E-state index in [1.54, 1.807) is 12.2 Å². The maximum atomic E-state index is 10.7. The predicted octanol–water partition coefficient (Wildman–Crippen LogP) is 5.50. The van der Waals surface area contributed by atoms with Crippen LogP contribution in [-0.4, -0.2) is 11.9 Å². The molecule has 1 aromatic rings. The van der Waals surface area contributed by atoms with Crippen molar-refractivity contribution >= 4 is 11.9 Å². The summed E-state index contributed by atoms with van der Waals surface area (Å²) >= 11 is 0. The van der Waals surface area contributed by atoms with Crippen LogP contribution in [0.25, 0.3) is 0 Å². The Labute approximate surface area is 146 Å². The average molecular weight is 326 g/mol. The molecule has 130 valence electrons. The first-order valence-corrected chi connectivity index (χ1v) is 8.64. The molecule has 2 unspecified atom stereocenters. The van der Waals surface area contributed by atoms with Gasteiger partial charge >= 0.3 is 0 Å². The summed E-state index contributed by atoms with van der Waals surface area (Å²) < 4.78 is 0. The Morgan fingerprint density at radius 2 is 1.25 bits per heavy atom. The van der Waals surface area contributed by atoms with Gasteiger partial charge in [-0.05, 0) is 46.6 Å². The van der Waals surface area contributed by atoms with Crippen LogP contribution in [0.3, 0.4) is 0 Å². The summed E-state index contributed by atoms with van der Waals surface area (Å²) in [5.74, 6) is 4.57. The van der Waals surface area contributed by atoms with E-state index in [-0.39, 0.29) is 10.8 Å². The average Bonchev–Trinajstić information content (AvgIpc) is 2.46. The van der Waals surface area contributed by atoms with E-state index in [4.69, 9.17) is 0 Å². The minimum atomic E-state index is -0.153. The van der Waals surface area contributed by atoms with Gasteiger partial charge in [-0.2, -0.15) is 0 Å². The molecule has 0 saturated heterocycles. The van der Waals surface area contributed by atoms with Gasteiger partial charge < -0.3 is 0 Å². The maximum absolute atomic E-state index is 10.7. The second kappa shape index (κ2) is 8.29. The summed E-state index contributed by atoms with van der Waals surface area (Å²) in [4.78, 5) is 21.3. The smallest absolute Gasteiger partial charge is 0.120 e. The molecule has 0 aliphatic carbocycles. The largest absolute Gasteiger partial charge is 0.234 e. The number of allylic oxidation sites excluding steroid dienone is 2. The van der Waals surface area contributed by atoms with Crippen molar-refractivity contribution < 1.29 is 9.59 Å². The van der Waals surface area contributed by atoms with Crippen LogP contribution in [0, 0.1) is 10.8 Å². The lowest BCUT2D eigenvalue weighted by Gasteiger charge is -2.26. The van der Waals surface area contributed by atoms with E-state index in [0.29, 0.717) is 11.8 Å². The highest BCUT2D eigenvalue weighted by molar-refractivity contribution is 5.47. The zero-order chi connectivity index (χ0) is 18.4. The predicted molar refractivity (Wildman–Crippen MR) is 101 cm³/mol. The molecule has 0 aliphatic heterocycles. The van der Waals surface area contributed by atoms with Crippen molar-refractivity contribution in [2.75, 3.05) is 0 Å². The molecule has 0 aromatic heterocycles. The molecule has 2 atom stereocenters. The van der Waals surface area contributed by atoms with Crippen LogP contribution in [0.15, 0.2) is 36.4 Å². The third-order valence-corrected chi connectivity index (χ3v) is 4.61. The molecule has 1 rings (SSSR count). The number of benzene rings is 1. The number of hydrogen-bond donors (Lipinski definition) is 0. The first kappa shape index (κ1) is 20.2. The van der Waals surface area contributed by atoms with Gasteiger partial charge in [-0.3, -0.25) is 0 Å². The molecule has 0 saturated carbocycles. The summed E-state index contributed by atoms with van der Waals surface area (Å²) in [6.07, 6.45) is 5.04. The van der Waals surface area contributed by atoms with Crippen LogP contribution in [-0.2, 0) is 9.59 Å². The van der Waals surface area contributed by atoms with Crippen LogP contribution in [0.1, 0.15) is 77.3 Å². The van der Waals surface area contributed by atoms with Crippen LogP contribution < -0.4 is 0 Å². The van der Waals surface area contributed by atoms with Gasteiger partial charge in [0.25, 0.3) is 0 Å². The molecule has 24 heavy (non-hydrogen) atoms. The van der Waals surface area contributed by atoms with E-state index in [9.17, 15) is 9.59 Å². The van der Waals surface area contributed by atoms with E-state index >= 15 is 0 Å². The van der Waals surface area contributed by atoms with Crippen molar-refractivity contribution in [1.82, 2.24) is 0 Å². The highest BCUT2D eigenvalue weighted by atomic mass is 16.1. The third kappa shape index (κ3) is 6.32. The van der Waals surface area contributed by atoms with Crippen LogP contribution in [0.2, 0.25) is 0 Å². The van der Waals surface area contributed by atoms with Crippen LogP contribution in [0.5, 0.6) is 0 Å². The lowest BCUT2D eigenvalue weighted by atomic mass is 9.78. The number of hydrogen-bond acceptors (Lipinski definition) is 2. The summed E-state index contributed by atoms with van der Waals surface area (Å²) in [6.45, 7) is 12.7. The molecule has 2 heteroatoms. The molecular formula is C22H30O2. The molecule has 0 radical (unpaired) electrons. The topological polar surface area (TPSA) is 34.1 Å². The molecule has 0 aliphatic rings. The van der Waals surface area contributed by atoms with E-state index in [1.807, 2.05) is 11.9 Å². The molecule has 1 aromatic carbocycles. The lowest BCUT2D eigenvalue weighted by molar-refractivity contribution is 0.397. The van der Waals surface area contributed by atoms with Crippen molar-refractivity contribution in [3.63, 3.8) is 0 Å². The second-order valence-corrected chi connectivity index (χ2v) is 8.38. The van der Waals surface area contributed by atoms with E-state index in [1.165, 1.54) is 11.1 Å². The van der Waals surface area contributed by atoms with Gasteiger partial charge in [0.15, 0.2) is 0 Å². The highest BCUT2D eigenvalue weighted by Crippen LogP contribution is 2.35. The molecule has 0 amide bonds. The molecule has 0 spiro atoms. The summed E-state index contributed by atoms with van der Waals surface area (Å²) in [7, 11) is 0. The Kier molecular flexibility index (Phi) is 6.96. The fourth-order valence-corrected chi connectivity index (χ4v) is 3.42. The van der Waals surface area contributed by atoms with Crippen LogP contribution in [0.4, 0.5) is 0 Å². The lowest BCUT2D eigenvalue weighted by Crippen LogP contribution is -2.13. The quantitative estimate of drug-likeness (QED) is 0.591. The van der Waals surface area contributed by atoms with Gasteiger partial charge in [-0.1, -0.05) is 65.8 Å². The van der Waals surface area contributed by atoms with Crippen molar-refractivity contribution in [2.24, 2.45) is 10.8 Å². The Bertz CT molecular complexity index is 588. The Balaban J connectivity index is 2.93. The normalized spacial score (nSPS) is 14.2. The van der Waals surface area contributed by atoms with Crippen molar-refractivity contribution in [3.05, 3.63) is 47.5 Å². The third-order valence-electron chi connectivity index (χ3n) is 4.61. The fraction of sp³-hybridized carbons (Fsp3) is 0.545. The minimum absolute atomic E-state index is 0.153. The van der Waals surface area contributed by atoms with Gasteiger partial charge in [-0.25, -0.2) is 9.59 Å². The molecule has 0 N–H and O–H groups in total. The zero-order valence-corrected chi connectivity index (χ0v) is 15.8. The zero-order valence-electron chi connectivity index (χ0n) is 15.8. The fourth-order valence-electron chi connectivity index (χ4n) is 3.42. The van der Waals surface area contributed by atoms with Gasteiger partial charge in [0, 0.05) is 12.2 Å².